The number of rotatable bonds is 5. The van der Waals surface area contributed by atoms with Crippen LogP contribution < -0.4 is 4.74 Å². The first kappa shape index (κ1) is 18.4. The molecule has 0 fully saturated rings. The zero-order valence-corrected chi connectivity index (χ0v) is 15.7. The number of halogens is 2. The van der Waals surface area contributed by atoms with Crippen LogP contribution in [0.15, 0.2) is 48.8 Å². The molecule has 0 bridgehead atoms. The third-order valence-electron chi connectivity index (χ3n) is 5.10. The van der Waals surface area contributed by atoms with Gasteiger partial charge in [0.25, 0.3) is 0 Å². The number of ether oxygens (including phenoxy) is 1. The first-order chi connectivity index (χ1) is 12.3. The Labute approximate surface area is 153 Å². The molecule has 0 saturated carbocycles. The van der Waals surface area contributed by atoms with E-state index in [0.29, 0.717) is 17.2 Å². The van der Waals surface area contributed by atoms with Crippen LogP contribution in [0.1, 0.15) is 19.4 Å². The molecule has 3 rings (SSSR count). The molecule has 2 aromatic carbocycles. The Morgan fingerprint density at radius 2 is 1.88 bits per heavy atom. The highest BCUT2D eigenvalue weighted by atomic mass is 19.1. The van der Waals surface area contributed by atoms with Crippen molar-refractivity contribution in [2.45, 2.75) is 26.4 Å². The Kier molecular flexibility index (Phi) is 5.01. The van der Waals surface area contributed by atoms with Gasteiger partial charge in [0.15, 0.2) is 18.2 Å². The van der Waals surface area contributed by atoms with E-state index in [-0.39, 0.29) is 11.6 Å². The van der Waals surface area contributed by atoms with Crippen molar-refractivity contribution in [3.8, 4) is 16.9 Å². The normalized spacial score (nSPS) is 19.4. The molecule has 1 aliphatic rings. The van der Waals surface area contributed by atoms with Gasteiger partial charge in [0.2, 0.25) is 0 Å². The quantitative estimate of drug-likeness (QED) is 0.715. The maximum absolute atomic E-state index is 14.4. The molecule has 0 spiro atoms. The molecule has 1 atom stereocenters. The number of quaternary nitrogens is 1. The molecule has 0 aliphatic carbocycles. The Morgan fingerprint density at radius 1 is 1.12 bits per heavy atom. The monoisotopic (exact) mass is 359 g/mol. The van der Waals surface area contributed by atoms with Gasteiger partial charge in [-0.2, -0.15) is 0 Å². The topological polar surface area (TPSA) is 12.5 Å². The van der Waals surface area contributed by atoms with Crippen molar-refractivity contribution in [2.75, 3.05) is 20.8 Å². The summed E-state index contributed by atoms with van der Waals surface area (Å²) in [6.45, 7) is 6.01. The predicted molar refractivity (Wildman–Crippen MR) is 99.2 cm³/mol. The molecule has 1 unspecified atom stereocenters. The molecule has 0 amide bonds. The molecular weight excluding hydrogens is 334 g/mol. The van der Waals surface area contributed by atoms with Crippen LogP contribution in [0.2, 0.25) is 0 Å². The van der Waals surface area contributed by atoms with Crippen LogP contribution in [-0.2, 0) is 6.54 Å². The van der Waals surface area contributed by atoms with Gasteiger partial charge in [0.1, 0.15) is 18.6 Å². The van der Waals surface area contributed by atoms with Crippen molar-refractivity contribution in [1.82, 2.24) is 4.90 Å². The highest BCUT2D eigenvalue weighted by Crippen LogP contribution is 2.31. The lowest BCUT2D eigenvalue weighted by Gasteiger charge is -2.36. The van der Waals surface area contributed by atoms with Gasteiger partial charge >= 0.3 is 0 Å². The average Bonchev–Trinajstić information content (AvgIpc) is 2.98. The van der Waals surface area contributed by atoms with Crippen LogP contribution in [0.3, 0.4) is 0 Å². The van der Waals surface area contributed by atoms with Crippen LogP contribution in [-0.4, -0.2) is 36.3 Å². The summed E-state index contributed by atoms with van der Waals surface area (Å²) in [5.74, 6) is -0.701. The zero-order valence-electron chi connectivity index (χ0n) is 15.7. The molecule has 3 nitrogen and oxygen atoms in total. The van der Waals surface area contributed by atoms with Gasteiger partial charge < -0.3 is 9.64 Å². The van der Waals surface area contributed by atoms with E-state index in [4.69, 9.17) is 4.74 Å². The minimum absolute atomic E-state index is 0.153. The second-order valence-electron chi connectivity index (χ2n) is 7.21. The van der Waals surface area contributed by atoms with E-state index in [2.05, 4.69) is 38.2 Å². The molecule has 0 aromatic heterocycles. The van der Waals surface area contributed by atoms with Crippen LogP contribution in [0.5, 0.6) is 5.75 Å². The highest BCUT2D eigenvalue weighted by Gasteiger charge is 2.34. The second-order valence-corrected chi connectivity index (χ2v) is 7.21. The summed E-state index contributed by atoms with van der Waals surface area (Å²) < 4.78 is 34.2. The molecule has 1 heterocycles. The first-order valence-electron chi connectivity index (χ1n) is 8.73. The van der Waals surface area contributed by atoms with Crippen molar-refractivity contribution in [3.05, 3.63) is 66.0 Å². The maximum atomic E-state index is 14.4. The molecule has 0 radical (unpaired) electrons. The summed E-state index contributed by atoms with van der Waals surface area (Å²) in [7, 11) is 3.46. The second kappa shape index (κ2) is 7.08. The fourth-order valence-electron chi connectivity index (χ4n) is 3.44. The summed E-state index contributed by atoms with van der Waals surface area (Å²) in [6.07, 6.45) is 4.28. The maximum Gasteiger partial charge on any atom is 0.165 e. The molecule has 138 valence electrons. The van der Waals surface area contributed by atoms with Gasteiger partial charge in [-0.3, -0.25) is 4.48 Å². The first-order valence-corrected chi connectivity index (χ1v) is 8.73. The van der Waals surface area contributed by atoms with Crippen molar-refractivity contribution >= 4 is 0 Å². The number of hydrogen-bond acceptors (Lipinski definition) is 2. The summed E-state index contributed by atoms with van der Waals surface area (Å²) >= 11 is 0. The smallest absolute Gasteiger partial charge is 0.165 e. The summed E-state index contributed by atoms with van der Waals surface area (Å²) in [4.78, 5) is 2.16. The summed E-state index contributed by atoms with van der Waals surface area (Å²) in [5, 5.41) is 0. The number of benzene rings is 2. The third kappa shape index (κ3) is 3.44. The van der Waals surface area contributed by atoms with E-state index in [1.165, 1.54) is 25.3 Å². The fraction of sp³-hybridized carbons (Fsp3) is 0.333. The van der Waals surface area contributed by atoms with E-state index in [1.807, 2.05) is 12.1 Å². The summed E-state index contributed by atoms with van der Waals surface area (Å²) in [6, 6.07) is 10.0. The minimum Gasteiger partial charge on any atom is -0.494 e. The molecule has 0 saturated heterocycles. The lowest BCUT2D eigenvalue weighted by molar-refractivity contribution is -0.914. The predicted octanol–water partition coefficient (Wildman–Crippen LogP) is 4.74. The van der Waals surface area contributed by atoms with Gasteiger partial charge in [0, 0.05) is 18.2 Å². The Bertz CT molecular complexity index is 835. The van der Waals surface area contributed by atoms with Gasteiger partial charge in [-0.15, -0.1) is 0 Å². The summed E-state index contributed by atoms with van der Waals surface area (Å²) in [5.41, 5.74) is 1.93. The number of methoxy groups -OCH3 is 1. The molecule has 26 heavy (non-hydrogen) atoms. The minimum atomic E-state index is -0.496. The van der Waals surface area contributed by atoms with Gasteiger partial charge in [0.05, 0.1) is 19.4 Å². The van der Waals surface area contributed by atoms with Crippen molar-refractivity contribution in [3.63, 3.8) is 0 Å². The molecule has 2 aromatic rings. The van der Waals surface area contributed by atoms with Crippen LogP contribution in [0.4, 0.5) is 8.78 Å². The van der Waals surface area contributed by atoms with Gasteiger partial charge in [-0.1, -0.05) is 12.1 Å². The van der Waals surface area contributed by atoms with Crippen molar-refractivity contribution < 1.29 is 18.0 Å². The Balaban J connectivity index is 1.95. The van der Waals surface area contributed by atoms with Crippen LogP contribution >= 0.6 is 0 Å². The Morgan fingerprint density at radius 3 is 2.46 bits per heavy atom. The van der Waals surface area contributed by atoms with Crippen molar-refractivity contribution in [1.29, 1.82) is 0 Å². The molecular formula is C21H25F2N2O+. The zero-order chi connectivity index (χ0) is 18.9. The average molecular weight is 359 g/mol. The highest BCUT2D eigenvalue weighted by molar-refractivity contribution is 5.66. The van der Waals surface area contributed by atoms with E-state index in [1.54, 1.807) is 6.07 Å². The van der Waals surface area contributed by atoms with E-state index >= 15 is 0 Å². The van der Waals surface area contributed by atoms with Crippen LogP contribution in [0.25, 0.3) is 11.1 Å². The lowest BCUT2D eigenvalue weighted by atomic mass is 10.0. The van der Waals surface area contributed by atoms with Gasteiger partial charge in [-0.05, 0) is 43.7 Å². The molecule has 1 aliphatic heterocycles. The SMILES string of the molecule is COc1ccc(-c2cc(C[N+]3(C(C)C)C=CN(C)C3)ccc2F)cc1F. The molecule has 5 heteroatoms. The Hall–Kier alpha value is -2.40. The van der Waals surface area contributed by atoms with E-state index < -0.39 is 5.82 Å². The number of nitrogens with zero attached hydrogens (tertiary/aromatic N) is 2. The fourth-order valence-corrected chi connectivity index (χ4v) is 3.44. The largest absolute Gasteiger partial charge is 0.494 e. The van der Waals surface area contributed by atoms with E-state index in [0.717, 1.165) is 23.3 Å². The van der Waals surface area contributed by atoms with Gasteiger partial charge in [-0.25, -0.2) is 8.78 Å². The van der Waals surface area contributed by atoms with Crippen molar-refractivity contribution in [2.24, 2.45) is 0 Å². The lowest BCUT2D eigenvalue weighted by Crippen LogP contribution is -2.48. The van der Waals surface area contributed by atoms with E-state index in [9.17, 15) is 8.78 Å². The van der Waals surface area contributed by atoms with Crippen LogP contribution in [0, 0.1) is 11.6 Å². The molecule has 0 N–H and O–H groups in total. The number of hydrogen-bond donors (Lipinski definition) is 0. The third-order valence-corrected chi connectivity index (χ3v) is 5.10. The standard InChI is InChI=1S/C21H25F2N2O/c1-15(2)25(10-9-24(3)14-25)13-16-5-7-19(22)18(11-16)17-6-8-21(26-4)20(23)12-17/h5-12,15H,13-14H2,1-4H3/q+1.